The second kappa shape index (κ2) is 7.36. The number of carbonyl (C=O) groups excluding carboxylic acids is 2. The molecule has 0 bridgehead atoms. The number of hydrogen-bond acceptors (Lipinski definition) is 2. The summed E-state index contributed by atoms with van der Waals surface area (Å²) in [5.41, 5.74) is 1.41. The van der Waals surface area contributed by atoms with Crippen molar-refractivity contribution >= 4 is 45.0 Å². The zero-order chi connectivity index (χ0) is 17.1. The summed E-state index contributed by atoms with van der Waals surface area (Å²) in [5.74, 6) is -0.351. The average molecular weight is 408 g/mol. The monoisotopic (exact) mass is 406 g/mol. The van der Waals surface area contributed by atoms with Crippen LogP contribution in [0.15, 0.2) is 46.9 Å². The minimum atomic E-state index is -0.278. The number of benzene rings is 2. The van der Waals surface area contributed by atoms with Gasteiger partial charge in [0, 0.05) is 28.1 Å². The number of likely N-dealkylation sites (tertiary alicyclic amines) is 1. The molecule has 0 spiro atoms. The van der Waals surface area contributed by atoms with E-state index in [0.717, 1.165) is 30.4 Å². The maximum absolute atomic E-state index is 12.7. The van der Waals surface area contributed by atoms with Crippen LogP contribution in [0.25, 0.3) is 0 Å². The summed E-state index contributed by atoms with van der Waals surface area (Å²) < 4.78 is 0.895. The number of hydrogen-bond donors (Lipinski definition) is 1. The molecular formula is C18H16BrClN2O2. The molecule has 2 amide bonds. The topological polar surface area (TPSA) is 49.4 Å². The van der Waals surface area contributed by atoms with E-state index in [-0.39, 0.29) is 11.8 Å². The lowest BCUT2D eigenvalue weighted by atomic mass is 10.1. The Morgan fingerprint density at radius 3 is 2.38 bits per heavy atom. The molecule has 24 heavy (non-hydrogen) atoms. The SMILES string of the molecule is O=C(Nc1cc(Cl)ccc1C(=O)N1CCCC1)c1ccc(Br)cc1. The summed E-state index contributed by atoms with van der Waals surface area (Å²) in [7, 11) is 0. The Labute approximate surface area is 153 Å². The van der Waals surface area contributed by atoms with Gasteiger partial charge in [0.2, 0.25) is 0 Å². The molecular weight excluding hydrogens is 392 g/mol. The van der Waals surface area contributed by atoms with Crippen LogP contribution in [0.5, 0.6) is 0 Å². The van der Waals surface area contributed by atoms with Gasteiger partial charge in [-0.15, -0.1) is 0 Å². The van der Waals surface area contributed by atoms with E-state index in [1.807, 2.05) is 0 Å². The molecule has 0 aliphatic carbocycles. The second-order valence-corrected chi connectivity index (χ2v) is 7.00. The first-order valence-electron chi connectivity index (χ1n) is 7.70. The van der Waals surface area contributed by atoms with Gasteiger partial charge >= 0.3 is 0 Å². The van der Waals surface area contributed by atoms with Crippen LogP contribution in [-0.4, -0.2) is 29.8 Å². The van der Waals surface area contributed by atoms with Crippen LogP contribution in [0.1, 0.15) is 33.6 Å². The number of nitrogens with zero attached hydrogens (tertiary/aromatic N) is 1. The van der Waals surface area contributed by atoms with Gasteiger partial charge in [0.25, 0.3) is 11.8 Å². The standard InChI is InChI=1S/C18H16BrClN2O2/c19-13-5-3-12(4-6-13)17(23)21-16-11-14(20)7-8-15(16)18(24)22-9-1-2-10-22/h3-8,11H,1-2,9-10H2,(H,21,23). The molecule has 1 aliphatic rings. The van der Waals surface area contributed by atoms with Crippen molar-refractivity contribution in [2.75, 3.05) is 18.4 Å². The number of carbonyl (C=O) groups is 2. The van der Waals surface area contributed by atoms with Crippen molar-refractivity contribution in [3.8, 4) is 0 Å². The lowest BCUT2D eigenvalue weighted by Gasteiger charge is -2.18. The molecule has 0 atom stereocenters. The van der Waals surface area contributed by atoms with Gasteiger partial charge in [-0.2, -0.15) is 0 Å². The van der Waals surface area contributed by atoms with Gasteiger partial charge in [-0.25, -0.2) is 0 Å². The summed E-state index contributed by atoms with van der Waals surface area (Å²) in [6.07, 6.45) is 2.03. The van der Waals surface area contributed by atoms with E-state index >= 15 is 0 Å². The number of rotatable bonds is 3. The summed E-state index contributed by atoms with van der Waals surface area (Å²) in [4.78, 5) is 26.9. The smallest absolute Gasteiger partial charge is 0.255 e. The molecule has 0 unspecified atom stereocenters. The van der Waals surface area contributed by atoms with E-state index in [9.17, 15) is 9.59 Å². The van der Waals surface area contributed by atoms with Crippen molar-refractivity contribution in [3.63, 3.8) is 0 Å². The highest BCUT2D eigenvalue weighted by Crippen LogP contribution is 2.25. The van der Waals surface area contributed by atoms with Crippen molar-refractivity contribution in [1.82, 2.24) is 4.90 Å². The third-order valence-corrected chi connectivity index (χ3v) is 4.72. The molecule has 1 fully saturated rings. The van der Waals surface area contributed by atoms with E-state index < -0.39 is 0 Å². The van der Waals surface area contributed by atoms with Crippen LogP contribution < -0.4 is 5.32 Å². The Bertz CT molecular complexity index is 771. The fourth-order valence-corrected chi connectivity index (χ4v) is 3.13. The highest BCUT2D eigenvalue weighted by molar-refractivity contribution is 9.10. The average Bonchev–Trinajstić information content (AvgIpc) is 3.09. The minimum Gasteiger partial charge on any atom is -0.339 e. The van der Waals surface area contributed by atoms with E-state index in [4.69, 9.17) is 11.6 Å². The Morgan fingerprint density at radius 1 is 1.04 bits per heavy atom. The maximum atomic E-state index is 12.7. The molecule has 6 heteroatoms. The van der Waals surface area contributed by atoms with Gasteiger partial charge < -0.3 is 10.2 Å². The fraction of sp³-hybridized carbons (Fsp3) is 0.222. The largest absolute Gasteiger partial charge is 0.339 e. The molecule has 1 heterocycles. The third-order valence-electron chi connectivity index (χ3n) is 3.96. The third kappa shape index (κ3) is 3.79. The van der Waals surface area contributed by atoms with Crippen LogP contribution in [-0.2, 0) is 0 Å². The molecule has 0 radical (unpaired) electrons. The lowest BCUT2D eigenvalue weighted by molar-refractivity contribution is 0.0794. The molecule has 2 aromatic rings. The van der Waals surface area contributed by atoms with E-state index in [0.29, 0.717) is 21.8 Å². The first-order valence-corrected chi connectivity index (χ1v) is 8.87. The molecule has 124 valence electrons. The molecule has 1 saturated heterocycles. The Morgan fingerprint density at radius 2 is 1.71 bits per heavy atom. The maximum Gasteiger partial charge on any atom is 0.255 e. The van der Waals surface area contributed by atoms with Crippen molar-refractivity contribution in [2.45, 2.75) is 12.8 Å². The van der Waals surface area contributed by atoms with Crippen LogP contribution in [0.2, 0.25) is 5.02 Å². The van der Waals surface area contributed by atoms with Crippen molar-refractivity contribution in [3.05, 3.63) is 63.1 Å². The number of anilines is 1. The van der Waals surface area contributed by atoms with Crippen LogP contribution in [0.4, 0.5) is 5.69 Å². The molecule has 0 aromatic heterocycles. The molecule has 1 aliphatic heterocycles. The normalized spacial score (nSPS) is 13.8. The predicted molar refractivity (Wildman–Crippen MR) is 98.7 cm³/mol. The van der Waals surface area contributed by atoms with Crippen LogP contribution in [0, 0.1) is 0 Å². The summed E-state index contributed by atoms with van der Waals surface area (Å²) >= 11 is 9.39. The van der Waals surface area contributed by atoms with Crippen molar-refractivity contribution < 1.29 is 9.59 Å². The van der Waals surface area contributed by atoms with Gasteiger partial charge in [-0.05, 0) is 55.3 Å². The number of halogens is 2. The number of amides is 2. The summed E-state index contributed by atoms with van der Waals surface area (Å²) in [5, 5.41) is 3.28. The van der Waals surface area contributed by atoms with Crippen molar-refractivity contribution in [2.24, 2.45) is 0 Å². The molecule has 3 rings (SSSR count). The highest BCUT2D eigenvalue weighted by Gasteiger charge is 2.23. The predicted octanol–water partition coefficient (Wildman–Crippen LogP) is 4.59. The van der Waals surface area contributed by atoms with Gasteiger partial charge in [0.15, 0.2) is 0 Å². The molecule has 1 N–H and O–H groups in total. The van der Waals surface area contributed by atoms with Gasteiger partial charge in [0.1, 0.15) is 0 Å². The van der Waals surface area contributed by atoms with Crippen LogP contribution >= 0.6 is 27.5 Å². The molecule has 4 nitrogen and oxygen atoms in total. The fourth-order valence-electron chi connectivity index (χ4n) is 2.69. The Balaban J connectivity index is 1.86. The van der Waals surface area contributed by atoms with Gasteiger partial charge in [0.05, 0.1) is 11.3 Å². The summed E-state index contributed by atoms with van der Waals surface area (Å²) in [6, 6.07) is 12.0. The first kappa shape index (κ1) is 17.0. The number of nitrogens with one attached hydrogen (secondary N) is 1. The van der Waals surface area contributed by atoms with Crippen molar-refractivity contribution in [1.29, 1.82) is 0 Å². The Hall–Kier alpha value is -1.85. The minimum absolute atomic E-state index is 0.0738. The first-order chi connectivity index (χ1) is 11.5. The lowest BCUT2D eigenvalue weighted by Crippen LogP contribution is -2.28. The van der Waals surface area contributed by atoms with Gasteiger partial charge in [-0.3, -0.25) is 9.59 Å². The molecule has 2 aromatic carbocycles. The van der Waals surface area contributed by atoms with E-state index in [1.54, 1.807) is 47.4 Å². The Kier molecular flexibility index (Phi) is 5.21. The molecule has 0 saturated carbocycles. The second-order valence-electron chi connectivity index (χ2n) is 5.65. The highest BCUT2D eigenvalue weighted by atomic mass is 79.9. The van der Waals surface area contributed by atoms with E-state index in [1.165, 1.54) is 0 Å². The zero-order valence-corrected chi connectivity index (χ0v) is 15.2. The van der Waals surface area contributed by atoms with Gasteiger partial charge in [-0.1, -0.05) is 27.5 Å². The van der Waals surface area contributed by atoms with E-state index in [2.05, 4.69) is 21.2 Å². The van der Waals surface area contributed by atoms with Crippen LogP contribution in [0.3, 0.4) is 0 Å². The summed E-state index contributed by atoms with van der Waals surface area (Å²) in [6.45, 7) is 1.50. The zero-order valence-electron chi connectivity index (χ0n) is 12.9. The quantitative estimate of drug-likeness (QED) is 0.809.